The second-order valence-electron chi connectivity index (χ2n) is 8.11. The molecule has 2 rings (SSSR count). The van der Waals surface area contributed by atoms with Crippen LogP contribution in [-0.2, 0) is 41.6 Å². The number of ether oxygens (including phenoxy) is 6. The van der Waals surface area contributed by atoms with Crippen molar-refractivity contribution in [2.45, 2.75) is 60.0 Å². The zero-order valence-electron chi connectivity index (χ0n) is 21.0. The summed E-state index contributed by atoms with van der Waals surface area (Å²) in [7, 11) is 2.80. The van der Waals surface area contributed by atoms with Gasteiger partial charge in [0.1, 0.15) is 17.9 Å². The zero-order chi connectivity index (χ0) is 26.1. The van der Waals surface area contributed by atoms with Crippen LogP contribution in [0.25, 0.3) is 0 Å². The molecule has 0 bridgehead atoms. The maximum Gasteiger partial charge on any atom is 0.516 e. The Labute approximate surface area is 204 Å². The van der Waals surface area contributed by atoms with E-state index >= 15 is 0 Å². The molecular weight excluding hydrogens is 460 g/mol. The molecule has 1 aromatic carbocycles. The molecule has 1 heterocycles. The Bertz CT molecular complexity index is 1010. The highest BCUT2D eigenvalue weighted by molar-refractivity contribution is 5.99. The van der Waals surface area contributed by atoms with E-state index in [2.05, 4.69) is 4.74 Å². The van der Waals surface area contributed by atoms with Crippen molar-refractivity contribution in [2.75, 3.05) is 21.0 Å². The van der Waals surface area contributed by atoms with Crippen LogP contribution >= 0.6 is 0 Å². The van der Waals surface area contributed by atoms with Gasteiger partial charge in [0.25, 0.3) is 0 Å². The topological polar surface area (TPSA) is 124 Å². The van der Waals surface area contributed by atoms with E-state index in [9.17, 15) is 19.2 Å². The van der Waals surface area contributed by atoms with Crippen LogP contribution in [0.1, 0.15) is 67.1 Å². The van der Waals surface area contributed by atoms with Gasteiger partial charge in [-0.05, 0) is 38.7 Å². The van der Waals surface area contributed by atoms with Gasteiger partial charge in [0.15, 0.2) is 5.75 Å². The summed E-state index contributed by atoms with van der Waals surface area (Å²) in [6, 6.07) is 0. The van der Waals surface area contributed by atoms with Gasteiger partial charge in [-0.2, -0.15) is 0 Å². The summed E-state index contributed by atoms with van der Waals surface area (Å²) in [5.41, 5.74) is 2.69. The van der Waals surface area contributed by atoms with Crippen LogP contribution in [0.4, 0.5) is 4.79 Å². The molecule has 0 aromatic heterocycles. The molecule has 1 aliphatic rings. The third kappa shape index (κ3) is 6.97. The predicted octanol–water partition coefficient (Wildman–Crippen LogP) is 4.18. The molecule has 10 nitrogen and oxygen atoms in total. The molecule has 0 saturated heterocycles. The smallest absolute Gasteiger partial charge is 0.496 e. The second kappa shape index (κ2) is 12.8. The molecule has 0 fully saturated rings. The summed E-state index contributed by atoms with van der Waals surface area (Å²) in [6.45, 7) is 6.56. The molecule has 1 atom stereocenters. The first kappa shape index (κ1) is 27.7. The van der Waals surface area contributed by atoms with Gasteiger partial charge in [-0.3, -0.25) is 9.59 Å². The Hall–Kier alpha value is -3.56. The number of cyclic esters (lactones) is 1. The highest BCUT2D eigenvalue weighted by Crippen LogP contribution is 2.43. The normalized spacial score (nSPS) is 13.4. The van der Waals surface area contributed by atoms with Crippen LogP contribution in [0.15, 0.2) is 11.6 Å². The highest BCUT2D eigenvalue weighted by atomic mass is 16.8. The van der Waals surface area contributed by atoms with Crippen LogP contribution in [0.5, 0.6) is 11.5 Å². The number of carbonyl (C=O) groups excluding carboxylic acids is 4. The van der Waals surface area contributed by atoms with Crippen LogP contribution in [0.3, 0.4) is 0 Å². The van der Waals surface area contributed by atoms with Crippen LogP contribution in [-0.4, -0.2) is 45.1 Å². The van der Waals surface area contributed by atoms with Crippen LogP contribution < -0.4 is 9.47 Å². The summed E-state index contributed by atoms with van der Waals surface area (Å²) in [5, 5.41) is 0. The first-order valence-electron chi connectivity index (χ1n) is 11.3. The Morgan fingerprint density at radius 2 is 1.83 bits per heavy atom. The predicted molar refractivity (Wildman–Crippen MR) is 123 cm³/mol. The number of benzene rings is 1. The Morgan fingerprint density at radius 1 is 1.11 bits per heavy atom. The molecule has 35 heavy (non-hydrogen) atoms. The molecule has 1 aromatic rings. The Kier molecular flexibility index (Phi) is 10.1. The number of fused-ring (bicyclic) bond motifs is 1. The summed E-state index contributed by atoms with van der Waals surface area (Å²) in [6.07, 6.45) is 2.21. The van der Waals surface area contributed by atoms with Crippen molar-refractivity contribution in [2.24, 2.45) is 5.92 Å². The number of carbonyl (C=O) groups is 4. The zero-order valence-corrected chi connectivity index (χ0v) is 21.0. The molecule has 1 unspecified atom stereocenters. The van der Waals surface area contributed by atoms with E-state index in [1.807, 2.05) is 19.9 Å². The number of methoxy groups -OCH3 is 2. The maximum absolute atomic E-state index is 12.5. The molecule has 0 aliphatic carbocycles. The molecule has 0 saturated carbocycles. The summed E-state index contributed by atoms with van der Waals surface area (Å²) < 4.78 is 30.7. The average molecular weight is 493 g/mol. The molecule has 0 radical (unpaired) electrons. The molecule has 0 spiro atoms. The first-order valence-corrected chi connectivity index (χ1v) is 11.3. The lowest BCUT2D eigenvalue weighted by molar-refractivity contribution is -0.157. The van der Waals surface area contributed by atoms with Gasteiger partial charge in [0.2, 0.25) is 6.79 Å². The molecule has 192 valence electrons. The van der Waals surface area contributed by atoms with Crippen molar-refractivity contribution < 1.29 is 47.6 Å². The van der Waals surface area contributed by atoms with Crippen molar-refractivity contribution in [3.05, 3.63) is 33.9 Å². The number of hydrogen-bond acceptors (Lipinski definition) is 10. The quantitative estimate of drug-likeness (QED) is 0.146. The van der Waals surface area contributed by atoms with Gasteiger partial charge in [0, 0.05) is 17.5 Å². The van der Waals surface area contributed by atoms with Gasteiger partial charge in [-0.15, -0.1) is 0 Å². The van der Waals surface area contributed by atoms with Gasteiger partial charge < -0.3 is 28.4 Å². The monoisotopic (exact) mass is 492 g/mol. The summed E-state index contributed by atoms with van der Waals surface area (Å²) in [4.78, 5) is 48.1. The number of allylic oxidation sites excluding steroid dienone is 2. The first-order chi connectivity index (χ1) is 16.6. The van der Waals surface area contributed by atoms with Crippen molar-refractivity contribution in [1.29, 1.82) is 0 Å². The molecule has 10 heteroatoms. The molecular formula is C25H32O10. The number of hydrogen-bond donors (Lipinski definition) is 0. The van der Waals surface area contributed by atoms with Gasteiger partial charge in [-0.25, -0.2) is 9.59 Å². The van der Waals surface area contributed by atoms with Crippen molar-refractivity contribution in [1.82, 2.24) is 0 Å². The molecule has 0 amide bonds. The van der Waals surface area contributed by atoms with Gasteiger partial charge in [-0.1, -0.05) is 25.5 Å². The third-order valence-electron chi connectivity index (χ3n) is 5.81. The molecule has 1 aliphatic heterocycles. The van der Waals surface area contributed by atoms with Crippen LogP contribution in [0, 0.1) is 12.8 Å². The lowest BCUT2D eigenvalue weighted by atomic mass is 9.94. The standard InChI is InChI=1S/C25H32O10/c1-7-15(3)23(27)33-13-34-25(29)35-22-17(10-8-14(2)9-11-19(26)30-5)21(31-6)16(4)18-12-32-24(28)20(18)22/h8,15H,7,9-13H2,1-6H3/b14-8+. The maximum atomic E-state index is 12.5. The van der Waals surface area contributed by atoms with E-state index in [0.29, 0.717) is 35.3 Å². The lowest BCUT2D eigenvalue weighted by Gasteiger charge is -2.18. The molecule has 0 N–H and O–H groups in total. The van der Waals surface area contributed by atoms with Gasteiger partial charge in [0.05, 0.1) is 20.1 Å². The SMILES string of the molecule is CCC(C)C(=O)OCOC(=O)Oc1c(C/C=C(\C)CCC(=O)OC)c(OC)c(C)c2c1C(=O)OC2. The number of esters is 3. The Morgan fingerprint density at radius 3 is 2.46 bits per heavy atom. The van der Waals surface area contributed by atoms with Crippen LogP contribution in [0.2, 0.25) is 0 Å². The minimum atomic E-state index is -1.15. The highest BCUT2D eigenvalue weighted by Gasteiger charge is 2.34. The summed E-state index contributed by atoms with van der Waals surface area (Å²) in [5.74, 6) is -1.41. The second-order valence-corrected chi connectivity index (χ2v) is 8.11. The van der Waals surface area contributed by atoms with E-state index in [0.717, 1.165) is 5.57 Å². The third-order valence-corrected chi connectivity index (χ3v) is 5.81. The minimum absolute atomic E-state index is 0.0164. The van der Waals surface area contributed by atoms with Crippen molar-refractivity contribution in [3.63, 3.8) is 0 Å². The fraction of sp³-hybridized carbons (Fsp3) is 0.520. The number of rotatable bonds is 11. The van der Waals surface area contributed by atoms with Crippen molar-refractivity contribution >= 4 is 24.1 Å². The van der Waals surface area contributed by atoms with E-state index in [1.165, 1.54) is 14.2 Å². The summed E-state index contributed by atoms with van der Waals surface area (Å²) >= 11 is 0. The fourth-order valence-corrected chi connectivity index (χ4v) is 3.46. The minimum Gasteiger partial charge on any atom is -0.496 e. The van der Waals surface area contributed by atoms with E-state index < -0.39 is 24.9 Å². The van der Waals surface area contributed by atoms with E-state index in [-0.39, 0.29) is 42.6 Å². The lowest BCUT2D eigenvalue weighted by Crippen LogP contribution is -2.20. The van der Waals surface area contributed by atoms with E-state index in [4.69, 9.17) is 23.7 Å². The van der Waals surface area contributed by atoms with E-state index in [1.54, 1.807) is 13.8 Å². The van der Waals surface area contributed by atoms with Crippen molar-refractivity contribution in [3.8, 4) is 11.5 Å². The largest absolute Gasteiger partial charge is 0.516 e. The average Bonchev–Trinajstić information content (AvgIpc) is 3.23. The van der Waals surface area contributed by atoms with Gasteiger partial charge >= 0.3 is 24.1 Å². The Balaban J connectivity index is 2.32. The fourth-order valence-electron chi connectivity index (χ4n) is 3.46.